The van der Waals surface area contributed by atoms with E-state index in [4.69, 9.17) is 0 Å². The summed E-state index contributed by atoms with van der Waals surface area (Å²) in [7, 11) is 0. The molecule has 0 saturated carbocycles. The summed E-state index contributed by atoms with van der Waals surface area (Å²) >= 11 is 1.28. The molecule has 0 aliphatic rings. The zero-order chi connectivity index (χ0) is 3.41. The topological polar surface area (TPSA) is 9.23 Å². The van der Waals surface area contributed by atoms with E-state index in [1.165, 1.54) is 23.0 Å². The van der Waals surface area contributed by atoms with Crippen molar-refractivity contribution in [3.63, 3.8) is 0 Å². The molecule has 0 unspecified atom stereocenters. The van der Waals surface area contributed by atoms with Crippen LogP contribution >= 0.6 is 35.4 Å². The largest absolute Gasteiger partial charge is 0.218 e. The van der Waals surface area contributed by atoms with E-state index in [0.717, 1.165) is 0 Å². The van der Waals surface area contributed by atoms with E-state index < -0.39 is 0 Å². The van der Waals surface area contributed by atoms with Crippen LogP contribution in [0.2, 0.25) is 0 Å². The van der Waals surface area contributed by atoms with Gasteiger partial charge in [-0.25, -0.2) is 2.51 Å². The Kier molecular flexibility index (Phi) is 4.93. The Morgan fingerprint density at radius 2 is 2.25 bits per heavy atom. The summed E-state index contributed by atoms with van der Waals surface area (Å²) in [6.07, 6.45) is 0. The minimum atomic E-state index is -0.157. The van der Waals surface area contributed by atoms with Crippen LogP contribution in [0.1, 0.15) is 0 Å². The second kappa shape index (κ2) is 3.97. The van der Waals surface area contributed by atoms with Crippen molar-refractivity contribution in [1.29, 1.82) is 0 Å². The second-order valence-corrected chi connectivity index (χ2v) is 1.46. The van der Waals surface area contributed by atoms with Gasteiger partial charge in [-0.15, -0.1) is 3.89 Å². The maximum atomic E-state index is 10.4. The number of halogens is 2. The molecule has 0 radical (unpaired) electrons. The normalized spacial score (nSPS) is 7.50. The summed E-state index contributed by atoms with van der Waals surface area (Å²) in [4.78, 5) is 0. The second-order valence-electron chi connectivity index (χ2n) is 0.126. The van der Waals surface area contributed by atoms with Crippen molar-refractivity contribution in [2.24, 2.45) is 0 Å². The fraction of sp³-hybridized carbons (Fsp3) is 0. The van der Waals surface area contributed by atoms with Gasteiger partial charge in [-0.2, -0.15) is 0 Å². The van der Waals surface area contributed by atoms with Gasteiger partial charge in [0, 0.05) is 0 Å². The third kappa shape index (κ3) is 2.97. The average Bonchev–Trinajstić information content (AvgIpc) is 1.37. The molecule has 4 heavy (non-hydrogen) atoms. The lowest BCUT2D eigenvalue weighted by Crippen LogP contribution is -1.28. The van der Waals surface area contributed by atoms with E-state index in [1.807, 2.05) is 0 Å². The van der Waals surface area contributed by atoms with Crippen LogP contribution in [0.4, 0.5) is 3.89 Å². The minimum Gasteiger partial charge on any atom is -0.216 e. The Morgan fingerprint density at radius 3 is 2.25 bits per heavy atom. The first-order valence-electron chi connectivity index (χ1n) is 0.475. The lowest BCUT2D eigenvalue weighted by atomic mass is 15.9. The zero-order valence-corrected chi connectivity index (χ0v) is 4.55. The van der Waals surface area contributed by atoms with Crippen molar-refractivity contribution in [2.75, 3.05) is 0 Å². The predicted molar refractivity (Wildman–Crippen MR) is 23.8 cm³/mol. The summed E-state index contributed by atoms with van der Waals surface area (Å²) in [5.41, 5.74) is 0. The smallest absolute Gasteiger partial charge is 0.216 e. The molecule has 26 valence electrons. The molecule has 0 aromatic rings. The minimum absolute atomic E-state index is 0.157. The molecule has 0 aromatic heterocycles. The number of hydrogen-bond acceptors (Lipinski definition) is 2. The van der Waals surface area contributed by atoms with Crippen molar-refractivity contribution < 1.29 is 6.40 Å². The molecule has 0 saturated heterocycles. The van der Waals surface area contributed by atoms with E-state index in [0.29, 0.717) is 0 Å². The fourth-order valence-electron chi connectivity index (χ4n) is 0. The molecule has 0 aromatic carbocycles. The van der Waals surface area contributed by atoms with Gasteiger partial charge >= 0.3 is 0 Å². The van der Waals surface area contributed by atoms with Gasteiger partial charge in [0.05, 0.1) is 0 Å². The molecule has 0 heterocycles. The molecule has 0 atom stereocenters. The highest BCUT2D eigenvalue weighted by Gasteiger charge is 1.63. The molecule has 0 aliphatic carbocycles. The van der Waals surface area contributed by atoms with Gasteiger partial charge in [-0.05, 0) is 0 Å². The van der Waals surface area contributed by atoms with Crippen LogP contribution in [0, 0.1) is 0 Å². The lowest BCUT2D eigenvalue weighted by molar-refractivity contribution is 0.759. The molecule has 0 aliphatic heterocycles. The summed E-state index contributed by atoms with van der Waals surface area (Å²) in [5.74, 6) is 0. The van der Waals surface area contributed by atoms with Gasteiger partial charge in [0.2, 0.25) is 12.4 Å². The lowest BCUT2D eigenvalue weighted by Gasteiger charge is -1.63. The molecular weight excluding hydrogens is 194 g/mol. The van der Waals surface area contributed by atoms with Crippen molar-refractivity contribution in [3.8, 4) is 0 Å². The molecule has 0 bridgehead atoms. The predicted octanol–water partition coefficient (Wildman–Crippen LogP) is 1.89. The van der Waals surface area contributed by atoms with Crippen LogP contribution in [0.3, 0.4) is 0 Å². The molecule has 4 heteroatoms. The van der Waals surface area contributed by atoms with Gasteiger partial charge in [0.15, 0.2) is 0 Å². The Hall–Kier alpha value is 0.970. The Labute approximate surface area is 42.1 Å². The third-order valence-corrected chi connectivity index (χ3v) is 0.479. The van der Waals surface area contributed by atoms with Crippen LogP contribution in [-0.2, 0) is 2.51 Å². The highest BCUT2D eigenvalue weighted by Crippen LogP contribution is 2.05. The molecule has 0 fully saturated rings. The molecule has 0 N–H and O–H groups in total. The Morgan fingerprint density at radius 1 is 2.00 bits per heavy atom. The first-order valence-corrected chi connectivity index (χ1v) is 2.00. The van der Waals surface area contributed by atoms with Crippen LogP contribution in [-0.4, -0.2) is 0 Å². The maximum absolute atomic E-state index is 10.4. The average molecular weight is 194 g/mol. The van der Waals surface area contributed by atoms with Gasteiger partial charge in [-0.1, -0.05) is 0 Å². The summed E-state index contributed by atoms with van der Waals surface area (Å²) < 4.78 is 14.2. The first kappa shape index (κ1) is 4.97. The highest BCUT2D eigenvalue weighted by molar-refractivity contribution is 14.1. The van der Waals surface area contributed by atoms with E-state index in [-0.39, 0.29) is 12.4 Å². The monoisotopic (exact) mass is 194 g/mol. The number of rotatable bonds is 1. The molecule has 0 spiro atoms. The maximum Gasteiger partial charge on any atom is 0.218 e. The number of hydrogen-bond donors (Lipinski definition) is 0. The van der Waals surface area contributed by atoms with Crippen molar-refractivity contribution in [3.05, 3.63) is 0 Å². The van der Waals surface area contributed by atoms with Crippen LogP contribution < -0.4 is 0 Å². The fourth-order valence-corrected chi connectivity index (χ4v) is 0. The molecule has 0 amide bonds. The van der Waals surface area contributed by atoms with Gasteiger partial charge in [-0.3, -0.25) is 0 Å². The third-order valence-electron chi connectivity index (χ3n) is 0.0238. The SMILES string of the molecule is FSOI. The Bertz CT molecular complexity index is 10.0. The first-order chi connectivity index (χ1) is 1.91. The van der Waals surface area contributed by atoms with E-state index in [9.17, 15) is 3.89 Å². The van der Waals surface area contributed by atoms with E-state index in [1.54, 1.807) is 0 Å². The zero-order valence-electron chi connectivity index (χ0n) is 1.57. The van der Waals surface area contributed by atoms with E-state index >= 15 is 0 Å². The van der Waals surface area contributed by atoms with Gasteiger partial charge in [0.25, 0.3) is 0 Å². The van der Waals surface area contributed by atoms with Crippen LogP contribution in [0.15, 0.2) is 0 Å². The highest BCUT2D eigenvalue weighted by atomic mass is 127. The Balaban J connectivity index is 1.97. The van der Waals surface area contributed by atoms with Crippen LogP contribution in [0.25, 0.3) is 0 Å². The van der Waals surface area contributed by atoms with Crippen molar-refractivity contribution in [2.45, 2.75) is 0 Å². The van der Waals surface area contributed by atoms with E-state index in [2.05, 4.69) is 2.51 Å². The van der Waals surface area contributed by atoms with Crippen LogP contribution in [0.5, 0.6) is 0 Å². The standard InChI is InChI=1S/FIOS/c1-4-3-2. The summed E-state index contributed by atoms with van der Waals surface area (Å²) in [6.45, 7) is 0. The molecule has 1 nitrogen and oxygen atoms in total. The van der Waals surface area contributed by atoms with Gasteiger partial charge in [0.1, 0.15) is 23.0 Å². The van der Waals surface area contributed by atoms with Crippen molar-refractivity contribution >= 4 is 35.4 Å². The summed E-state index contributed by atoms with van der Waals surface area (Å²) in [5, 5.41) is 0. The quantitative estimate of drug-likeness (QED) is 0.465. The van der Waals surface area contributed by atoms with Gasteiger partial charge < -0.3 is 0 Å². The van der Waals surface area contributed by atoms with Crippen molar-refractivity contribution in [1.82, 2.24) is 0 Å². The molecule has 0 rings (SSSR count). The molecular formula is FIOS. The summed E-state index contributed by atoms with van der Waals surface area (Å²) in [6, 6.07) is 0.